The molecule has 1 aromatic heterocycles. The van der Waals surface area contributed by atoms with Crippen molar-refractivity contribution in [3.63, 3.8) is 0 Å². The highest BCUT2D eigenvalue weighted by Crippen LogP contribution is 2.30. The van der Waals surface area contributed by atoms with Crippen molar-refractivity contribution in [1.82, 2.24) is 14.5 Å². The third kappa shape index (κ3) is 2.41. The highest BCUT2D eigenvalue weighted by Gasteiger charge is 2.38. The maximum absolute atomic E-state index is 11.5. The molecule has 0 bridgehead atoms. The lowest BCUT2D eigenvalue weighted by Gasteiger charge is -2.17. The van der Waals surface area contributed by atoms with Gasteiger partial charge in [0.25, 0.3) is 0 Å². The Morgan fingerprint density at radius 1 is 1.71 bits per heavy atom. The van der Waals surface area contributed by atoms with Crippen molar-refractivity contribution in [1.29, 1.82) is 0 Å². The van der Waals surface area contributed by atoms with Gasteiger partial charge >= 0.3 is 5.69 Å². The predicted molar refractivity (Wildman–Crippen MR) is 60.2 cm³/mol. The van der Waals surface area contributed by atoms with Crippen molar-refractivity contribution in [2.24, 2.45) is 0 Å². The van der Waals surface area contributed by atoms with Crippen molar-refractivity contribution in [3.05, 3.63) is 16.8 Å². The Morgan fingerprint density at radius 3 is 2.94 bits per heavy atom. The Labute approximate surface area is 101 Å². The fourth-order valence-electron chi connectivity index (χ4n) is 1.67. The number of nitrogen functional groups attached to an aromatic ring is 1. The fourth-order valence-corrected chi connectivity index (χ4v) is 1.94. The van der Waals surface area contributed by atoms with E-state index in [0.717, 1.165) is 4.57 Å². The normalized spacial score (nSPS) is 30.4. The molecule has 0 saturated carbocycles. The molecular weight excluding hydrogens is 248 g/mol. The van der Waals surface area contributed by atoms with Crippen LogP contribution in [0.5, 0.6) is 0 Å². The molecule has 8 nitrogen and oxygen atoms in total. The van der Waals surface area contributed by atoms with Gasteiger partial charge in [-0.3, -0.25) is 4.57 Å². The van der Waals surface area contributed by atoms with Crippen LogP contribution in [0.15, 0.2) is 11.1 Å². The number of hydrogen-bond acceptors (Lipinski definition) is 8. The molecule has 1 aromatic rings. The van der Waals surface area contributed by atoms with Crippen molar-refractivity contribution < 1.29 is 14.9 Å². The Balaban J connectivity index is 2.23. The maximum Gasteiger partial charge on any atom is 0.354 e. The summed E-state index contributed by atoms with van der Waals surface area (Å²) >= 11 is 3.78. The van der Waals surface area contributed by atoms with Gasteiger partial charge in [0.1, 0.15) is 24.1 Å². The third-order valence-corrected chi connectivity index (χ3v) is 2.78. The summed E-state index contributed by atoms with van der Waals surface area (Å²) < 4.78 is 6.41. The Kier molecular flexibility index (Phi) is 3.33. The second-order valence-electron chi connectivity index (χ2n) is 3.68. The van der Waals surface area contributed by atoms with Crippen LogP contribution in [-0.4, -0.2) is 42.4 Å². The molecule has 1 aliphatic rings. The second-order valence-corrected chi connectivity index (χ2v) is 4.21. The van der Waals surface area contributed by atoms with Crippen LogP contribution >= 0.6 is 12.6 Å². The van der Waals surface area contributed by atoms with Crippen LogP contribution in [0, 0.1) is 0 Å². The van der Waals surface area contributed by atoms with Gasteiger partial charge in [-0.15, -0.1) is 12.6 Å². The molecule has 0 aliphatic carbocycles. The number of nitrogens with zero attached hydrogens (tertiary/aromatic N) is 3. The zero-order valence-corrected chi connectivity index (χ0v) is 9.57. The lowest BCUT2D eigenvalue weighted by molar-refractivity contribution is -0.0560. The zero-order valence-electron chi connectivity index (χ0n) is 8.67. The summed E-state index contributed by atoms with van der Waals surface area (Å²) in [5, 5.41) is 18.9. The Hall–Kier alpha value is -1.16. The molecule has 17 heavy (non-hydrogen) atoms. The van der Waals surface area contributed by atoms with Gasteiger partial charge in [-0.1, -0.05) is 0 Å². The molecule has 1 unspecified atom stereocenters. The van der Waals surface area contributed by atoms with Crippen molar-refractivity contribution in [2.45, 2.75) is 30.3 Å². The number of aromatic nitrogens is 3. The molecule has 1 fully saturated rings. The number of nitrogens with two attached hydrogens (primary N) is 1. The monoisotopic (exact) mass is 260 g/mol. The standard InChI is InChI=1S/C8H12N4O4S/c9-7-10-2-12(8(15)11-7)4-1-3(13)5(16-4)6(14)17/h2-6,13-14,17H,1H2,(H2,9,11,15)/t3-,4+,5-,6?/m0/s1. The van der Waals surface area contributed by atoms with E-state index in [9.17, 15) is 15.0 Å². The van der Waals surface area contributed by atoms with E-state index in [1.54, 1.807) is 0 Å². The first kappa shape index (κ1) is 12.3. The number of ether oxygens (including phenoxy) is 1. The zero-order chi connectivity index (χ0) is 12.6. The minimum Gasteiger partial charge on any atom is -0.390 e. The summed E-state index contributed by atoms with van der Waals surface area (Å²) in [5.41, 5.74) is 3.51. The largest absolute Gasteiger partial charge is 0.390 e. The van der Waals surface area contributed by atoms with Crippen LogP contribution in [0.2, 0.25) is 0 Å². The number of aliphatic hydroxyl groups is 2. The summed E-state index contributed by atoms with van der Waals surface area (Å²) in [7, 11) is 0. The van der Waals surface area contributed by atoms with Gasteiger partial charge in [-0.2, -0.15) is 4.98 Å². The molecule has 2 heterocycles. The Bertz CT molecular complexity index is 465. The van der Waals surface area contributed by atoms with Gasteiger partial charge in [0.15, 0.2) is 0 Å². The van der Waals surface area contributed by atoms with Crippen LogP contribution in [0.1, 0.15) is 12.6 Å². The third-order valence-electron chi connectivity index (χ3n) is 2.49. The number of anilines is 1. The molecule has 2 rings (SSSR count). The second kappa shape index (κ2) is 4.61. The van der Waals surface area contributed by atoms with E-state index in [2.05, 4.69) is 22.6 Å². The highest BCUT2D eigenvalue weighted by atomic mass is 32.1. The van der Waals surface area contributed by atoms with Crippen LogP contribution in [0.3, 0.4) is 0 Å². The summed E-state index contributed by atoms with van der Waals surface area (Å²) in [4.78, 5) is 18.6. The van der Waals surface area contributed by atoms with Gasteiger partial charge in [0.05, 0.1) is 6.10 Å². The number of rotatable bonds is 2. The molecule has 0 amide bonds. The SMILES string of the molecule is Nc1ncn([C@H]2C[C@H](O)[C@@H](C(O)S)O2)c(=O)n1. The van der Waals surface area contributed by atoms with E-state index < -0.39 is 29.6 Å². The van der Waals surface area contributed by atoms with Gasteiger partial charge in [0, 0.05) is 6.42 Å². The van der Waals surface area contributed by atoms with Crippen LogP contribution in [0.4, 0.5) is 5.95 Å². The maximum atomic E-state index is 11.5. The topological polar surface area (TPSA) is 123 Å². The molecule has 1 aliphatic heterocycles. The van der Waals surface area contributed by atoms with Gasteiger partial charge in [0.2, 0.25) is 5.95 Å². The molecule has 9 heteroatoms. The van der Waals surface area contributed by atoms with E-state index in [1.165, 1.54) is 6.33 Å². The minimum atomic E-state index is -1.12. The summed E-state index contributed by atoms with van der Waals surface area (Å²) in [6, 6.07) is 0. The molecule has 4 atom stereocenters. The molecular formula is C8H12N4O4S. The summed E-state index contributed by atoms with van der Waals surface area (Å²) in [6.07, 6.45) is -1.15. The van der Waals surface area contributed by atoms with Gasteiger partial charge in [-0.25, -0.2) is 9.78 Å². The fraction of sp³-hybridized carbons (Fsp3) is 0.625. The molecule has 0 radical (unpaired) electrons. The van der Waals surface area contributed by atoms with E-state index in [1.807, 2.05) is 0 Å². The lowest BCUT2D eigenvalue weighted by Crippen LogP contribution is -2.31. The average Bonchev–Trinajstić information content (AvgIpc) is 2.60. The summed E-state index contributed by atoms with van der Waals surface area (Å²) in [6.45, 7) is 0. The van der Waals surface area contributed by atoms with E-state index in [-0.39, 0.29) is 12.4 Å². The lowest BCUT2D eigenvalue weighted by atomic mass is 10.2. The first-order valence-corrected chi connectivity index (χ1v) is 5.41. The Morgan fingerprint density at radius 2 is 2.41 bits per heavy atom. The van der Waals surface area contributed by atoms with E-state index in [0.29, 0.717) is 0 Å². The van der Waals surface area contributed by atoms with Crippen LogP contribution < -0.4 is 11.4 Å². The molecule has 1 saturated heterocycles. The number of thiol groups is 1. The van der Waals surface area contributed by atoms with Crippen molar-refractivity contribution in [3.8, 4) is 0 Å². The minimum absolute atomic E-state index is 0.129. The summed E-state index contributed by atoms with van der Waals surface area (Å²) in [5.74, 6) is -0.129. The van der Waals surface area contributed by atoms with Gasteiger partial charge in [-0.05, 0) is 0 Å². The van der Waals surface area contributed by atoms with Crippen LogP contribution in [0.25, 0.3) is 0 Å². The van der Waals surface area contributed by atoms with Crippen molar-refractivity contribution in [2.75, 3.05) is 5.73 Å². The molecule has 94 valence electrons. The van der Waals surface area contributed by atoms with Gasteiger partial charge < -0.3 is 20.7 Å². The van der Waals surface area contributed by atoms with E-state index >= 15 is 0 Å². The first-order valence-electron chi connectivity index (χ1n) is 4.89. The molecule has 0 aromatic carbocycles. The molecule has 4 N–H and O–H groups in total. The number of aliphatic hydroxyl groups excluding tert-OH is 2. The predicted octanol–water partition coefficient (Wildman–Crippen LogP) is -1.88. The first-order chi connectivity index (χ1) is 7.99. The smallest absolute Gasteiger partial charge is 0.354 e. The molecule has 0 spiro atoms. The number of hydrogen-bond donors (Lipinski definition) is 4. The average molecular weight is 260 g/mol. The quantitative estimate of drug-likeness (QED) is 0.362. The highest BCUT2D eigenvalue weighted by molar-refractivity contribution is 7.80. The van der Waals surface area contributed by atoms with Crippen LogP contribution in [-0.2, 0) is 4.74 Å². The van der Waals surface area contributed by atoms with E-state index in [4.69, 9.17) is 10.5 Å². The van der Waals surface area contributed by atoms with Crippen molar-refractivity contribution >= 4 is 18.6 Å².